The van der Waals surface area contributed by atoms with E-state index in [0.717, 1.165) is 42.7 Å². The Labute approximate surface area is 216 Å². The van der Waals surface area contributed by atoms with Gasteiger partial charge in [-0.2, -0.15) is 4.31 Å². The van der Waals surface area contributed by atoms with Gasteiger partial charge in [0.05, 0.1) is 31.0 Å². The highest BCUT2D eigenvalue weighted by molar-refractivity contribution is 7.89. The third-order valence-electron chi connectivity index (χ3n) is 7.93. The van der Waals surface area contributed by atoms with E-state index in [4.69, 9.17) is 14.2 Å². The molecular formula is C25H34N2O9S. The van der Waals surface area contributed by atoms with Gasteiger partial charge in [-0.25, -0.2) is 13.2 Å². The SMILES string of the molecule is COC(=O)[C@H]1C[C@H](OC(=O)NC2CCCC2)[C@@]2(O)CN(S(=O)(=O)c3ccc(C)cc3)CC2[C@H]1C(=O)OC. The first-order valence-electron chi connectivity index (χ1n) is 12.4. The second kappa shape index (κ2) is 10.6. The molecular weight excluding hydrogens is 504 g/mol. The van der Waals surface area contributed by atoms with Crippen LogP contribution in [0.2, 0.25) is 0 Å². The molecule has 1 aliphatic heterocycles. The van der Waals surface area contributed by atoms with E-state index in [0.29, 0.717) is 0 Å². The molecule has 0 radical (unpaired) electrons. The Morgan fingerprint density at radius 2 is 1.68 bits per heavy atom. The van der Waals surface area contributed by atoms with Gasteiger partial charge in [-0.05, 0) is 31.9 Å². The molecule has 4 rings (SSSR count). The maximum Gasteiger partial charge on any atom is 0.407 e. The molecule has 5 atom stereocenters. The Morgan fingerprint density at radius 1 is 1.05 bits per heavy atom. The van der Waals surface area contributed by atoms with Crippen LogP contribution >= 0.6 is 0 Å². The van der Waals surface area contributed by atoms with Gasteiger partial charge in [0.25, 0.3) is 0 Å². The van der Waals surface area contributed by atoms with E-state index < -0.39 is 64.1 Å². The third kappa shape index (κ3) is 5.19. The number of esters is 2. The number of rotatable bonds is 6. The number of hydrogen-bond donors (Lipinski definition) is 2. The number of methoxy groups -OCH3 is 2. The molecule has 2 saturated carbocycles. The number of aliphatic hydroxyl groups is 1. The number of ether oxygens (including phenoxy) is 3. The number of β-amino-alcohol motifs (C(OH)–C–C–N with tert-alkyl or cyclic N) is 1. The minimum Gasteiger partial charge on any atom is -0.469 e. The minimum absolute atomic E-state index is 0.0240. The van der Waals surface area contributed by atoms with Crippen LogP contribution in [0.25, 0.3) is 0 Å². The van der Waals surface area contributed by atoms with Crippen molar-refractivity contribution in [2.75, 3.05) is 27.3 Å². The van der Waals surface area contributed by atoms with E-state index in [2.05, 4.69) is 5.32 Å². The minimum atomic E-state index is -4.07. The number of carbonyl (C=O) groups is 3. The van der Waals surface area contributed by atoms with Crippen LogP contribution in [0.5, 0.6) is 0 Å². The van der Waals surface area contributed by atoms with Crippen molar-refractivity contribution >= 4 is 28.1 Å². The van der Waals surface area contributed by atoms with E-state index >= 15 is 0 Å². The summed E-state index contributed by atoms with van der Waals surface area (Å²) in [6, 6.07) is 6.20. The number of nitrogens with one attached hydrogen (secondary N) is 1. The van der Waals surface area contributed by atoms with Crippen molar-refractivity contribution in [3.05, 3.63) is 29.8 Å². The lowest BCUT2D eigenvalue weighted by molar-refractivity contribution is -0.186. The van der Waals surface area contributed by atoms with Crippen molar-refractivity contribution in [3.63, 3.8) is 0 Å². The molecule has 204 valence electrons. The van der Waals surface area contributed by atoms with Gasteiger partial charge in [-0.1, -0.05) is 30.5 Å². The lowest BCUT2D eigenvalue weighted by atomic mass is 9.64. The molecule has 0 spiro atoms. The van der Waals surface area contributed by atoms with Crippen LogP contribution < -0.4 is 5.32 Å². The molecule has 11 nitrogen and oxygen atoms in total. The average molecular weight is 539 g/mol. The van der Waals surface area contributed by atoms with E-state index in [1.165, 1.54) is 19.2 Å². The summed E-state index contributed by atoms with van der Waals surface area (Å²) in [6.07, 6.45) is 1.34. The monoisotopic (exact) mass is 538 g/mol. The highest BCUT2D eigenvalue weighted by Gasteiger charge is 2.65. The van der Waals surface area contributed by atoms with Crippen molar-refractivity contribution in [1.82, 2.24) is 9.62 Å². The number of aryl methyl sites for hydroxylation is 1. The standard InChI is InChI=1S/C25H34N2O9S/c1-15-8-10-17(11-9-15)37(32,33)27-13-19-21(23(29)35-3)18(22(28)34-2)12-20(25(19,31)14-27)36-24(30)26-16-6-4-5-7-16/h8-11,16,18-21,31H,4-7,12-14H2,1-3H3,(H,26,30)/t18-,19?,20-,21-,25+/m0/s1. The molecule has 1 amide bonds. The highest BCUT2D eigenvalue weighted by atomic mass is 32.2. The summed E-state index contributed by atoms with van der Waals surface area (Å²) in [7, 11) is -1.75. The Bertz CT molecular complexity index is 1130. The van der Waals surface area contributed by atoms with Crippen molar-refractivity contribution < 1.29 is 42.1 Å². The number of hydrogen-bond acceptors (Lipinski definition) is 9. The number of fused-ring (bicyclic) bond motifs is 1. The molecule has 1 saturated heterocycles. The van der Waals surface area contributed by atoms with Gasteiger partial charge in [0.2, 0.25) is 10.0 Å². The first kappa shape index (κ1) is 27.3. The largest absolute Gasteiger partial charge is 0.469 e. The summed E-state index contributed by atoms with van der Waals surface area (Å²) in [5, 5.41) is 14.7. The van der Waals surface area contributed by atoms with Gasteiger partial charge < -0.3 is 24.6 Å². The number of alkyl carbamates (subject to hydrolysis) is 1. The fraction of sp³-hybridized carbons (Fsp3) is 0.640. The van der Waals surface area contributed by atoms with Gasteiger partial charge in [0.15, 0.2) is 0 Å². The van der Waals surface area contributed by atoms with Gasteiger partial charge in [0.1, 0.15) is 11.7 Å². The van der Waals surface area contributed by atoms with E-state index in [1.807, 2.05) is 6.92 Å². The van der Waals surface area contributed by atoms with Crippen molar-refractivity contribution in [2.24, 2.45) is 17.8 Å². The second-order valence-corrected chi connectivity index (χ2v) is 12.1. The molecule has 2 N–H and O–H groups in total. The average Bonchev–Trinajstić information content (AvgIpc) is 3.51. The Hall–Kier alpha value is -2.70. The topological polar surface area (TPSA) is 149 Å². The van der Waals surface area contributed by atoms with E-state index in [9.17, 15) is 27.9 Å². The summed E-state index contributed by atoms with van der Waals surface area (Å²) in [6.45, 7) is 1.14. The number of sulfonamides is 1. The number of carbonyl (C=O) groups excluding carboxylic acids is 3. The fourth-order valence-corrected chi connectivity index (χ4v) is 7.43. The summed E-state index contributed by atoms with van der Waals surface area (Å²) in [5.41, 5.74) is -1.06. The van der Waals surface area contributed by atoms with Crippen molar-refractivity contribution in [2.45, 2.75) is 61.7 Å². The number of nitrogens with zero attached hydrogens (tertiary/aromatic N) is 1. The highest BCUT2D eigenvalue weighted by Crippen LogP contribution is 2.49. The zero-order valence-corrected chi connectivity index (χ0v) is 22.0. The first-order chi connectivity index (χ1) is 17.5. The quantitative estimate of drug-likeness (QED) is 0.404. The van der Waals surface area contributed by atoms with Crippen LogP contribution in [0.1, 0.15) is 37.7 Å². The molecule has 1 heterocycles. The Balaban J connectivity index is 1.69. The molecule has 1 aromatic carbocycles. The molecule has 12 heteroatoms. The molecule has 1 unspecified atom stereocenters. The summed E-state index contributed by atoms with van der Waals surface area (Å²) < 4.78 is 43.6. The predicted molar refractivity (Wildman–Crippen MR) is 130 cm³/mol. The van der Waals surface area contributed by atoms with Crippen LogP contribution in [0, 0.1) is 24.7 Å². The van der Waals surface area contributed by atoms with Crippen LogP contribution in [-0.4, -0.2) is 80.9 Å². The summed E-state index contributed by atoms with van der Waals surface area (Å²) >= 11 is 0. The second-order valence-electron chi connectivity index (χ2n) is 10.1. The Morgan fingerprint density at radius 3 is 2.27 bits per heavy atom. The van der Waals surface area contributed by atoms with Crippen LogP contribution in [0.15, 0.2) is 29.2 Å². The van der Waals surface area contributed by atoms with Crippen LogP contribution in [0.3, 0.4) is 0 Å². The van der Waals surface area contributed by atoms with E-state index in [-0.39, 0.29) is 23.9 Å². The summed E-state index contributed by atoms with van der Waals surface area (Å²) in [5.74, 6) is -4.89. The van der Waals surface area contributed by atoms with Crippen LogP contribution in [0.4, 0.5) is 4.79 Å². The number of benzene rings is 1. The lowest BCUT2D eigenvalue weighted by Crippen LogP contribution is -2.62. The van der Waals surface area contributed by atoms with Crippen molar-refractivity contribution in [3.8, 4) is 0 Å². The Kier molecular flexibility index (Phi) is 7.82. The normalized spacial score (nSPS) is 30.4. The molecule has 3 fully saturated rings. The predicted octanol–water partition coefficient (Wildman–Crippen LogP) is 1.37. The molecule has 2 aliphatic carbocycles. The van der Waals surface area contributed by atoms with Gasteiger partial charge in [-0.3, -0.25) is 9.59 Å². The molecule has 0 bridgehead atoms. The maximum absolute atomic E-state index is 13.5. The molecule has 3 aliphatic rings. The van der Waals surface area contributed by atoms with Gasteiger partial charge >= 0.3 is 18.0 Å². The van der Waals surface area contributed by atoms with Crippen molar-refractivity contribution in [1.29, 1.82) is 0 Å². The zero-order chi connectivity index (χ0) is 27.0. The first-order valence-corrected chi connectivity index (χ1v) is 13.9. The molecule has 37 heavy (non-hydrogen) atoms. The van der Waals surface area contributed by atoms with Crippen LogP contribution in [-0.2, 0) is 33.8 Å². The van der Waals surface area contributed by atoms with Gasteiger partial charge in [0, 0.05) is 31.5 Å². The van der Waals surface area contributed by atoms with E-state index in [1.54, 1.807) is 12.1 Å². The molecule has 1 aromatic rings. The summed E-state index contributed by atoms with van der Waals surface area (Å²) in [4.78, 5) is 38.4. The maximum atomic E-state index is 13.5. The fourth-order valence-electron chi connectivity index (χ4n) is 5.92. The smallest absolute Gasteiger partial charge is 0.407 e. The molecule has 0 aromatic heterocycles. The van der Waals surface area contributed by atoms with Gasteiger partial charge in [-0.15, -0.1) is 0 Å². The number of amides is 1. The lowest BCUT2D eigenvalue weighted by Gasteiger charge is -2.46. The zero-order valence-electron chi connectivity index (χ0n) is 21.2. The third-order valence-corrected chi connectivity index (χ3v) is 9.75.